The average Bonchev–Trinajstić information content (AvgIpc) is 2.42. The smallest absolute Gasteiger partial charge is 0.212 e. The van der Waals surface area contributed by atoms with E-state index in [4.69, 9.17) is 23.2 Å². The summed E-state index contributed by atoms with van der Waals surface area (Å²) in [6.45, 7) is 0.241. The summed E-state index contributed by atoms with van der Waals surface area (Å²) in [6, 6.07) is 14.2. The van der Waals surface area contributed by atoms with Gasteiger partial charge in [-0.3, -0.25) is 0 Å². The van der Waals surface area contributed by atoms with E-state index in [9.17, 15) is 8.42 Å². The lowest BCUT2D eigenvalue weighted by atomic mass is 10.2. The maximum absolute atomic E-state index is 12.0. The van der Waals surface area contributed by atoms with Crippen LogP contribution in [0.1, 0.15) is 11.1 Å². The molecule has 0 aliphatic carbocycles. The van der Waals surface area contributed by atoms with E-state index in [-0.39, 0.29) is 12.3 Å². The number of halogens is 2. The van der Waals surface area contributed by atoms with Crippen molar-refractivity contribution in [2.45, 2.75) is 12.3 Å². The number of hydrogen-bond donors (Lipinski definition) is 1. The van der Waals surface area contributed by atoms with E-state index in [2.05, 4.69) is 4.72 Å². The van der Waals surface area contributed by atoms with Crippen molar-refractivity contribution in [3.63, 3.8) is 0 Å². The van der Waals surface area contributed by atoms with Crippen LogP contribution in [-0.2, 0) is 22.3 Å². The van der Waals surface area contributed by atoms with Gasteiger partial charge in [0.15, 0.2) is 0 Å². The Morgan fingerprint density at radius 2 is 1.50 bits per heavy atom. The van der Waals surface area contributed by atoms with Crippen LogP contribution in [0.15, 0.2) is 48.5 Å². The highest BCUT2D eigenvalue weighted by Gasteiger charge is 2.16. The van der Waals surface area contributed by atoms with Gasteiger partial charge in [0.1, 0.15) is 0 Å². The molecule has 20 heavy (non-hydrogen) atoms. The second-order valence-electron chi connectivity index (χ2n) is 4.27. The molecule has 0 aromatic heterocycles. The van der Waals surface area contributed by atoms with Crippen LogP contribution in [0.4, 0.5) is 0 Å². The minimum absolute atomic E-state index is 0.238. The predicted molar refractivity (Wildman–Crippen MR) is 82.4 cm³/mol. The fourth-order valence-corrected chi connectivity index (χ4v) is 3.57. The Morgan fingerprint density at radius 1 is 0.900 bits per heavy atom. The molecule has 0 saturated heterocycles. The average molecular weight is 330 g/mol. The first-order valence-corrected chi connectivity index (χ1v) is 8.33. The van der Waals surface area contributed by atoms with Crippen LogP contribution < -0.4 is 4.72 Å². The molecule has 6 heteroatoms. The van der Waals surface area contributed by atoms with Crippen molar-refractivity contribution in [3.05, 3.63) is 69.7 Å². The van der Waals surface area contributed by atoms with E-state index in [0.717, 1.165) is 5.56 Å². The van der Waals surface area contributed by atoms with Crippen LogP contribution in [0.5, 0.6) is 0 Å². The zero-order valence-electron chi connectivity index (χ0n) is 10.5. The van der Waals surface area contributed by atoms with E-state index < -0.39 is 10.0 Å². The number of hydrogen-bond acceptors (Lipinski definition) is 2. The van der Waals surface area contributed by atoms with E-state index in [1.807, 2.05) is 30.3 Å². The van der Waals surface area contributed by atoms with Gasteiger partial charge in [-0.1, -0.05) is 59.6 Å². The van der Waals surface area contributed by atoms with Crippen LogP contribution in [0.2, 0.25) is 10.0 Å². The normalized spacial score (nSPS) is 11.5. The molecule has 1 N–H and O–H groups in total. The molecule has 3 nitrogen and oxygen atoms in total. The second-order valence-corrected chi connectivity index (χ2v) is 6.89. The second kappa shape index (κ2) is 6.59. The summed E-state index contributed by atoms with van der Waals surface area (Å²) in [5, 5.41) is 0.699. The van der Waals surface area contributed by atoms with Crippen molar-refractivity contribution in [2.75, 3.05) is 0 Å². The molecule has 0 radical (unpaired) electrons. The van der Waals surface area contributed by atoms with E-state index >= 15 is 0 Å². The van der Waals surface area contributed by atoms with Gasteiger partial charge < -0.3 is 0 Å². The summed E-state index contributed by atoms with van der Waals surface area (Å²) >= 11 is 12.0. The lowest BCUT2D eigenvalue weighted by Crippen LogP contribution is -2.24. The summed E-state index contributed by atoms with van der Waals surface area (Å²) < 4.78 is 26.6. The SMILES string of the molecule is O=S(=O)(Cc1c(Cl)cccc1Cl)NCc1ccccc1. The highest BCUT2D eigenvalue weighted by molar-refractivity contribution is 7.88. The molecule has 106 valence electrons. The van der Waals surface area contributed by atoms with Crippen LogP contribution in [0.3, 0.4) is 0 Å². The number of benzene rings is 2. The van der Waals surface area contributed by atoms with Crippen LogP contribution >= 0.6 is 23.2 Å². The van der Waals surface area contributed by atoms with E-state index in [1.165, 1.54) is 0 Å². The summed E-state index contributed by atoms with van der Waals surface area (Å²) in [7, 11) is -3.50. The minimum atomic E-state index is -3.50. The summed E-state index contributed by atoms with van der Waals surface area (Å²) in [6.07, 6.45) is 0. The first kappa shape index (κ1) is 15.3. The van der Waals surface area contributed by atoms with Gasteiger partial charge in [0.05, 0.1) is 5.75 Å². The molecule has 0 aliphatic heterocycles. The highest BCUT2D eigenvalue weighted by Crippen LogP contribution is 2.25. The third kappa shape index (κ3) is 4.21. The van der Waals surface area contributed by atoms with Crippen LogP contribution in [-0.4, -0.2) is 8.42 Å². The standard InChI is InChI=1S/C14H13Cl2NO2S/c15-13-7-4-8-14(16)12(13)10-20(18,19)17-9-11-5-2-1-3-6-11/h1-8,17H,9-10H2. The van der Waals surface area contributed by atoms with Crippen molar-refractivity contribution in [3.8, 4) is 0 Å². The van der Waals surface area contributed by atoms with Gasteiger partial charge in [-0.15, -0.1) is 0 Å². The van der Waals surface area contributed by atoms with Crippen LogP contribution in [0, 0.1) is 0 Å². The number of nitrogens with one attached hydrogen (secondary N) is 1. The van der Waals surface area contributed by atoms with Crippen molar-refractivity contribution in [1.82, 2.24) is 4.72 Å². The van der Waals surface area contributed by atoms with Crippen molar-refractivity contribution < 1.29 is 8.42 Å². The molecule has 0 bridgehead atoms. The molecular formula is C14H13Cl2NO2S. The molecule has 0 heterocycles. The maximum Gasteiger partial charge on any atom is 0.216 e. The Kier molecular flexibility index (Phi) is 5.05. The Hall–Kier alpha value is -1.07. The molecule has 0 fully saturated rings. The number of sulfonamides is 1. The summed E-state index contributed by atoms with van der Waals surface area (Å²) in [4.78, 5) is 0. The topological polar surface area (TPSA) is 46.2 Å². The molecule has 0 spiro atoms. The monoisotopic (exact) mass is 329 g/mol. The fraction of sp³-hybridized carbons (Fsp3) is 0.143. The molecule has 0 amide bonds. The molecule has 2 aromatic carbocycles. The Labute approximate surface area is 128 Å². The fourth-order valence-electron chi connectivity index (χ4n) is 1.70. The quantitative estimate of drug-likeness (QED) is 0.910. The molecule has 2 rings (SSSR count). The number of rotatable bonds is 5. The zero-order valence-corrected chi connectivity index (χ0v) is 12.8. The molecule has 0 saturated carbocycles. The Bertz CT molecular complexity index is 667. The van der Waals surface area contributed by atoms with Gasteiger partial charge in [-0.2, -0.15) is 0 Å². The van der Waals surface area contributed by atoms with Crippen molar-refractivity contribution in [2.24, 2.45) is 0 Å². The zero-order chi connectivity index (χ0) is 14.6. The summed E-state index contributed by atoms with van der Waals surface area (Å²) in [5.74, 6) is -0.238. The van der Waals surface area contributed by atoms with Crippen LogP contribution in [0.25, 0.3) is 0 Å². The first-order chi connectivity index (χ1) is 9.48. The predicted octanol–water partition coefficient (Wildman–Crippen LogP) is 3.61. The third-order valence-electron chi connectivity index (χ3n) is 2.74. The highest BCUT2D eigenvalue weighted by atomic mass is 35.5. The lowest BCUT2D eigenvalue weighted by Gasteiger charge is -2.09. The molecule has 0 atom stereocenters. The lowest BCUT2D eigenvalue weighted by molar-refractivity contribution is 0.580. The van der Waals surface area contributed by atoms with E-state index in [1.54, 1.807) is 18.2 Å². The van der Waals surface area contributed by atoms with Gasteiger partial charge in [0, 0.05) is 22.2 Å². The first-order valence-electron chi connectivity index (χ1n) is 5.92. The maximum atomic E-state index is 12.0. The molecule has 0 unspecified atom stereocenters. The van der Waals surface area contributed by atoms with Crippen molar-refractivity contribution >= 4 is 33.2 Å². The van der Waals surface area contributed by atoms with E-state index in [0.29, 0.717) is 15.6 Å². The minimum Gasteiger partial charge on any atom is -0.212 e. The van der Waals surface area contributed by atoms with Crippen molar-refractivity contribution in [1.29, 1.82) is 0 Å². The van der Waals surface area contributed by atoms with Gasteiger partial charge in [0.2, 0.25) is 10.0 Å². The molecule has 2 aromatic rings. The molecular weight excluding hydrogens is 317 g/mol. The Balaban J connectivity index is 2.08. The third-order valence-corrected chi connectivity index (χ3v) is 4.70. The van der Waals surface area contributed by atoms with Gasteiger partial charge >= 0.3 is 0 Å². The Morgan fingerprint density at radius 3 is 2.10 bits per heavy atom. The molecule has 0 aliphatic rings. The van der Waals surface area contributed by atoms with Gasteiger partial charge in [0.25, 0.3) is 0 Å². The largest absolute Gasteiger partial charge is 0.216 e. The summed E-state index contributed by atoms with van der Waals surface area (Å²) in [5.41, 5.74) is 1.30. The van der Waals surface area contributed by atoms with Gasteiger partial charge in [-0.25, -0.2) is 13.1 Å². The van der Waals surface area contributed by atoms with Gasteiger partial charge in [-0.05, 0) is 17.7 Å².